The number of aliphatic carboxylic acids is 1. The predicted octanol–water partition coefficient (Wildman–Crippen LogP) is 5.83. The summed E-state index contributed by atoms with van der Waals surface area (Å²) in [5.41, 5.74) is 2.01. The van der Waals surface area contributed by atoms with E-state index in [1.165, 1.54) is 17.7 Å². The predicted molar refractivity (Wildman–Crippen MR) is 141 cm³/mol. The maximum atomic E-state index is 13.7. The number of halogens is 1. The summed E-state index contributed by atoms with van der Waals surface area (Å²) >= 11 is 0. The topological polar surface area (TPSA) is 70.1 Å². The molecule has 3 rings (SSSR count). The third-order valence-electron chi connectivity index (χ3n) is 6.08. The van der Waals surface area contributed by atoms with Crippen LogP contribution in [0.1, 0.15) is 37.3 Å². The van der Waals surface area contributed by atoms with Crippen LogP contribution < -0.4 is 0 Å². The lowest BCUT2D eigenvalue weighted by atomic mass is 9.91. The van der Waals surface area contributed by atoms with E-state index in [-0.39, 0.29) is 23.1 Å². The average molecular weight is 497 g/mol. The molecule has 6 nitrogen and oxygen atoms in total. The molecule has 1 N–H and O–H groups in total. The Morgan fingerprint density at radius 1 is 1.22 bits per heavy atom. The maximum Gasteiger partial charge on any atom is 0.410 e. The van der Waals surface area contributed by atoms with Gasteiger partial charge in [0.05, 0.1) is 12.1 Å². The highest BCUT2D eigenvalue weighted by atomic mass is 19.1. The number of nitrogens with zero attached hydrogens (tertiary/aromatic N) is 2. The van der Waals surface area contributed by atoms with Gasteiger partial charge in [-0.15, -0.1) is 6.58 Å². The zero-order valence-corrected chi connectivity index (χ0v) is 21.3. The Morgan fingerprint density at radius 3 is 2.39 bits per heavy atom. The van der Waals surface area contributed by atoms with Crippen molar-refractivity contribution in [3.8, 4) is 0 Å². The fourth-order valence-corrected chi connectivity index (χ4v) is 4.02. The highest BCUT2D eigenvalue weighted by Gasteiger charge is 2.45. The van der Waals surface area contributed by atoms with Gasteiger partial charge in [-0.25, -0.2) is 14.0 Å². The van der Waals surface area contributed by atoms with Crippen LogP contribution in [0, 0.1) is 0 Å². The molecular formula is C29H37FN2O4. The minimum absolute atomic E-state index is 0.0989. The molecule has 0 atom stereocenters. The van der Waals surface area contributed by atoms with Crippen molar-refractivity contribution < 1.29 is 23.8 Å². The first-order valence-electron chi connectivity index (χ1n) is 12.1. The second kappa shape index (κ2) is 14.2. The smallest absolute Gasteiger partial charge is 0.410 e. The molecule has 7 heteroatoms. The van der Waals surface area contributed by atoms with Crippen LogP contribution in [0.25, 0.3) is 0 Å². The zero-order valence-electron chi connectivity index (χ0n) is 21.3. The lowest BCUT2D eigenvalue weighted by molar-refractivity contribution is -0.132. The Labute approximate surface area is 213 Å². The average Bonchev–Trinajstić information content (AvgIpc) is 3.13. The van der Waals surface area contributed by atoms with Gasteiger partial charge in [-0.05, 0) is 30.5 Å². The Bertz CT molecular complexity index is 1000. The highest BCUT2D eigenvalue weighted by molar-refractivity contribution is 5.88. The number of allylic oxidation sites excluding steroid dienone is 6. The van der Waals surface area contributed by atoms with Crippen LogP contribution in [0.15, 0.2) is 85.3 Å². The summed E-state index contributed by atoms with van der Waals surface area (Å²) in [5.74, 6) is -1.12. The number of ether oxygens (including phenoxy) is 1. The summed E-state index contributed by atoms with van der Waals surface area (Å²) in [5, 5.41) is 8.30. The second-order valence-electron chi connectivity index (χ2n) is 9.07. The van der Waals surface area contributed by atoms with E-state index in [0.717, 1.165) is 38.0 Å². The first kappa shape index (κ1) is 28.8. The molecule has 0 unspecified atom stereocenters. The van der Waals surface area contributed by atoms with Gasteiger partial charge >= 0.3 is 12.1 Å². The second-order valence-corrected chi connectivity index (χ2v) is 9.07. The maximum absolute atomic E-state index is 13.7. The lowest BCUT2D eigenvalue weighted by Gasteiger charge is -2.37. The molecule has 0 radical (unpaired) electrons. The number of carboxylic acid groups (broad SMARTS) is 1. The Balaban J connectivity index is 0.000000388. The standard InChI is InChI=1S/C21H27FN2O2.C8H10O2/c1-3-4-5-19(22)14-17-6-8-18(9-7-17)15-24-12-10-21(11-13-24)16-23(2)20(25)26-21;1-3-4-5-6-7(2)8(9)10/h3-9H,10-16H2,1-2H3;3,5-6H,1-2,4H2,(H,9,10)/b4-3-,19-5+;. The van der Waals surface area contributed by atoms with Gasteiger partial charge < -0.3 is 14.7 Å². The van der Waals surface area contributed by atoms with Crippen LogP contribution >= 0.6 is 0 Å². The molecule has 1 aromatic rings. The number of benzene rings is 1. The minimum Gasteiger partial charge on any atom is -0.478 e. The van der Waals surface area contributed by atoms with Gasteiger partial charge in [0.15, 0.2) is 0 Å². The van der Waals surface area contributed by atoms with Gasteiger partial charge in [0.2, 0.25) is 0 Å². The number of likely N-dealkylation sites (N-methyl/N-ethyl adjacent to an activating group) is 1. The number of carbonyl (C=O) groups is 2. The van der Waals surface area contributed by atoms with Gasteiger partial charge in [-0.3, -0.25) is 4.90 Å². The number of piperidine rings is 1. The molecule has 0 aromatic heterocycles. The first-order chi connectivity index (χ1) is 17.2. The van der Waals surface area contributed by atoms with Crippen molar-refractivity contribution in [3.05, 3.63) is 96.4 Å². The van der Waals surface area contributed by atoms with Crippen LogP contribution in [-0.4, -0.2) is 59.3 Å². The molecule has 36 heavy (non-hydrogen) atoms. The monoisotopic (exact) mass is 496 g/mol. The van der Waals surface area contributed by atoms with E-state index in [1.807, 2.05) is 25.1 Å². The summed E-state index contributed by atoms with van der Waals surface area (Å²) in [6, 6.07) is 8.15. The number of carbonyl (C=O) groups excluding carboxylic acids is 1. The van der Waals surface area contributed by atoms with Crippen LogP contribution in [0.3, 0.4) is 0 Å². The molecule has 2 fully saturated rings. The van der Waals surface area contributed by atoms with Crippen LogP contribution in [0.5, 0.6) is 0 Å². The minimum atomic E-state index is -0.986. The quantitative estimate of drug-likeness (QED) is 0.264. The fourth-order valence-electron chi connectivity index (χ4n) is 4.02. The van der Waals surface area contributed by atoms with Crippen LogP contribution in [0.2, 0.25) is 0 Å². The highest BCUT2D eigenvalue weighted by Crippen LogP contribution is 2.33. The lowest BCUT2D eigenvalue weighted by Crippen LogP contribution is -2.46. The molecule has 1 aromatic carbocycles. The molecule has 194 valence electrons. The largest absolute Gasteiger partial charge is 0.478 e. The van der Waals surface area contributed by atoms with E-state index in [0.29, 0.717) is 19.4 Å². The summed E-state index contributed by atoms with van der Waals surface area (Å²) in [6.07, 6.45) is 12.4. The van der Waals surface area contributed by atoms with Crippen LogP contribution in [0.4, 0.5) is 9.18 Å². The molecule has 1 amide bonds. The summed E-state index contributed by atoms with van der Waals surface area (Å²) in [6.45, 7) is 12.1. The molecule has 0 bridgehead atoms. The normalized spacial score (nSPS) is 17.8. The molecular weight excluding hydrogens is 459 g/mol. The molecule has 2 aliphatic heterocycles. The molecule has 0 saturated carbocycles. The van der Waals surface area contributed by atoms with Gasteiger partial charge in [0, 0.05) is 45.9 Å². The number of amides is 1. The third-order valence-corrected chi connectivity index (χ3v) is 6.08. The van der Waals surface area contributed by atoms with Crippen LogP contribution in [-0.2, 0) is 22.5 Å². The van der Waals surface area contributed by atoms with Crippen molar-refractivity contribution in [1.29, 1.82) is 0 Å². The van der Waals surface area contributed by atoms with E-state index in [4.69, 9.17) is 9.84 Å². The van der Waals surface area contributed by atoms with E-state index < -0.39 is 5.97 Å². The van der Waals surface area contributed by atoms with E-state index in [2.05, 4.69) is 30.2 Å². The Morgan fingerprint density at radius 2 is 1.86 bits per heavy atom. The van der Waals surface area contributed by atoms with E-state index >= 15 is 0 Å². The number of carboxylic acids is 1. The van der Waals surface area contributed by atoms with Gasteiger partial charge in [-0.2, -0.15) is 0 Å². The summed E-state index contributed by atoms with van der Waals surface area (Å²) in [4.78, 5) is 25.8. The molecule has 2 aliphatic rings. The van der Waals surface area contributed by atoms with Gasteiger partial charge in [0.25, 0.3) is 0 Å². The van der Waals surface area contributed by atoms with Gasteiger partial charge in [-0.1, -0.05) is 61.2 Å². The number of hydrogen-bond donors (Lipinski definition) is 1. The van der Waals surface area contributed by atoms with Crippen molar-refractivity contribution in [2.75, 3.05) is 26.7 Å². The number of rotatable bonds is 9. The first-order valence-corrected chi connectivity index (χ1v) is 12.1. The Kier molecular flexibility index (Phi) is 11.3. The van der Waals surface area contributed by atoms with Crippen molar-refractivity contribution in [2.45, 2.75) is 44.8 Å². The van der Waals surface area contributed by atoms with Crippen molar-refractivity contribution in [2.24, 2.45) is 0 Å². The van der Waals surface area contributed by atoms with E-state index in [1.54, 1.807) is 30.2 Å². The SMILES string of the molecule is C/C=C\C=C(\F)Cc1ccc(CN2CCC3(CC2)CN(C)C(=O)O3)cc1.C=CCC=CC(=C)C(=O)O. The fraction of sp³-hybridized carbons (Fsp3) is 0.379. The molecule has 2 saturated heterocycles. The zero-order chi connectivity index (χ0) is 26.6. The van der Waals surface area contributed by atoms with Crippen molar-refractivity contribution in [3.63, 3.8) is 0 Å². The molecule has 0 aliphatic carbocycles. The Hall–Kier alpha value is -3.45. The number of likely N-dealkylation sites (tertiary alicyclic amines) is 1. The van der Waals surface area contributed by atoms with Crippen molar-refractivity contribution >= 4 is 12.1 Å². The molecule has 1 spiro atoms. The molecule has 2 heterocycles. The van der Waals surface area contributed by atoms with Crippen molar-refractivity contribution in [1.82, 2.24) is 9.80 Å². The summed E-state index contributed by atoms with van der Waals surface area (Å²) < 4.78 is 19.3. The third kappa shape index (κ3) is 9.30. The summed E-state index contributed by atoms with van der Waals surface area (Å²) in [7, 11) is 1.79. The van der Waals surface area contributed by atoms with E-state index in [9.17, 15) is 14.0 Å². The number of hydrogen-bond acceptors (Lipinski definition) is 4. The van der Waals surface area contributed by atoms with Gasteiger partial charge in [0.1, 0.15) is 11.4 Å².